The van der Waals surface area contributed by atoms with Crippen LogP contribution in [0.3, 0.4) is 0 Å². The summed E-state index contributed by atoms with van der Waals surface area (Å²) in [5, 5.41) is 2.30. The molecule has 0 aliphatic carbocycles. The Labute approximate surface area is 141 Å². The molecule has 2 heterocycles. The highest BCUT2D eigenvalue weighted by Crippen LogP contribution is 2.19. The van der Waals surface area contributed by atoms with Crippen LogP contribution in [0.5, 0.6) is 0 Å². The number of fused-ring (bicyclic) bond motifs is 1. The minimum atomic E-state index is -0.0727. The van der Waals surface area contributed by atoms with Gasteiger partial charge >= 0.3 is 0 Å². The summed E-state index contributed by atoms with van der Waals surface area (Å²) >= 11 is 2.81. The SMILES string of the molecule is Cc1ccc(N=C(N)SCc2cc(=O)n3ccsc3n2)cc1C. The first-order valence-corrected chi connectivity index (χ1v) is 8.89. The van der Waals surface area contributed by atoms with E-state index in [0.717, 1.165) is 5.69 Å². The van der Waals surface area contributed by atoms with Crippen LogP contribution in [-0.2, 0) is 5.75 Å². The third-order valence-electron chi connectivity index (χ3n) is 3.45. The second kappa shape index (κ2) is 6.55. The van der Waals surface area contributed by atoms with E-state index in [-0.39, 0.29) is 5.56 Å². The summed E-state index contributed by atoms with van der Waals surface area (Å²) in [5.74, 6) is 0.518. The Balaban J connectivity index is 1.74. The Kier molecular flexibility index (Phi) is 4.49. The lowest BCUT2D eigenvalue weighted by Gasteiger charge is -2.03. The molecule has 0 spiro atoms. The maximum Gasteiger partial charge on any atom is 0.258 e. The van der Waals surface area contributed by atoms with Crippen molar-refractivity contribution in [1.82, 2.24) is 9.38 Å². The Hall–Kier alpha value is -2.12. The van der Waals surface area contributed by atoms with Crippen LogP contribution < -0.4 is 11.3 Å². The lowest BCUT2D eigenvalue weighted by Crippen LogP contribution is -2.13. The number of nitrogens with zero attached hydrogens (tertiary/aromatic N) is 3. The monoisotopic (exact) mass is 344 g/mol. The summed E-state index contributed by atoms with van der Waals surface area (Å²) in [4.78, 5) is 21.5. The van der Waals surface area contributed by atoms with E-state index < -0.39 is 0 Å². The molecule has 2 aromatic heterocycles. The van der Waals surface area contributed by atoms with Crippen molar-refractivity contribution in [2.45, 2.75) is 19.6 Å². The molecule has 0 aliphatic heterocycles. The van der Waals surface area contributed by atoms with Crippen molar-refractivity contribution in [3.8, 4) is 0 Å². The minimum Gasteiger partial charge on any atom is -0.378 e. The van der Waals surface area contributed by atoms with Crippen molar-refractivity contribution in [2.24, 2.45) is 10.7 Å². The first-order valence-electron chi connectivity index (χ1n) is 7.03. The van der Waals surface area contributed by atoms with E-state index >= 15 is 0 Å². The third kappa shape index (κ3) is 3.62. The molecule has 0 saturated heterocycles. The number of aryl methyl sites for hydroxylation is 2. The molecule has 0 amide bonds. The number of nitrogens with two attached hydrogens (primary N) is 1. The summed E-state index contributed by atoms with van der Waals surface area (Å²) in [6, 6.07) is 7.51. The van der Waals surface area contributed by atoms with Gasteiger partial charge in [-0.1, -0.05) is 17.8 Å². The van der Waals surface area contributed by atoms with E-state index in [1.165, 1.54) is 44.7 Å². The molecule has 23 heavy (non-hydrogen) atoms. The minimum absolute atomic E-state index is 0.0727. The van der Waals surface area contributed by atoms with Crippen LogP contribution in [-0.4, -0.2) is 14.6 Å². The van der Waals surface area contributed by atoms with Crippen LogP contribution in [0.1, 0.15) is 16.8 Å². The molecule has 0 bridgehead atoms. The van der Waals surface area contributed by atoms with Crippen LogP contribution >= 0.6 is 23.1 Å². The molecule has 118 valence electrons. The molecule has 3 aromatic rings. The van der Waals surface area contributed by atoms with E-state index in [1.807, 2.05) is 30.5 Å². The number of hydrogen-bond donors (Lipinski definition) is 1. The highest BCUT2D eigenvalue weighted by Gasteiger charge is 2.05. The van der Waals surface area contributed by atoms with Crippen LogP contribution in [0.4, 0.5) is 5.69 Å². The normalized spacial score (nSPS) is 12.0. The molecule has 2 N–H and O–H groups in total. The van der Waals surface area contributed by atoms with Gasteiger partial charge in [0.15, 0.2) is 10.1 Å². The summed E-state index contributed by atoms with van der Waals surface area (Å²) in [6.45, 7) is 4.11. The highest BCUT2D eigenvalue weighted by atomic mass is 32.2. The largest absolute Gasteiger partial charge is 0.378 e. The van der Waals surface area contributed by atoms with E-state index in [4.69, 9.17) is 5.73 Å². The Morgan fingerprint density at radius 2 is 2.17 bits per heavy atom. The van der Waals surface area contributed by atoms with Gasteiger partial charge in [0.05, 0.1) is 11.4 Å². The highest BCUT2D eigenvalue weighted by molar-refractivity contribution is 8.13. The lowest BCUT2D eigenvalue weighted by atomic mass is 10.1. The summed E-state index contributed by atoms with van der Waals surface area (Å²) < 4.78 is 1.53. The van der Waals surface area contributed by atoms with Crippen LogP contribution in [0.15, 0.2) is 45.6 Å². The van der Waals surface area contributed by atoms with Crippen molar-refractivity contribution >= 4 is 38.9 Å². The van der Waals surface area contributed by atoms with E-state index in [2.05, 4.69) is 16.9 Å². The van der Waals surface area contributed by atoms with E-state index in [0.29, 0.717) is 21.6 Å². The molecular weight excluding hydrogens is 328 g/mol. The van der Waals surface area contributed by atoms with Crippen molar-refractivity contribution in [1.29, 1.82) is 0 Å². The predicted molar refractivity (Wildman–Crippen MR) is 97.8 cm³/mol. The molecule has 0 fully saturated rings. The first-order chi connectivity index (χ1) is 11.0. The fourth-order valence-electron chi connectivity index (χ4n) is 2.06. The zero-order valence-corrected chi connectivity index (χ0v) is 14.4. The molecule has 0 atom stereocenters. The smallest absolute Gasteiger partial charge is 0.258 e. The quantitative estimate of drug-likeness (QED) is 0.585. The van der Waals surface area contributed by atoms with Gasteiger partial charge in [-0.25, -0.2) is 9.98 Å². The molecule has 0 saturated carbocycles. The molecular formula is C16H16N4OS2. The fraction of sp³-hybridized carbons (Fsp3) is 0.188. The maximum atomic E-state index is 11.9. The lowest BCUT2D eigenvalue weighted by molar-refractivity contribution is 1.04. The summed E-state index contributed by atoms with van der Waals surface area (Å²) in [5.41, 5.74) is 9.85. The second-order valence-electron chi connectivity index (χ2n) is 5.15. The standard InChI is InChI=1S/C16H16N4OS2/c1-10-3-4-12(7-11(10)2)18-15(17)23-9-13-8-14(21)20-5-6-22-16(20)19-13/h3-8H,9H2,1-2H3,(H2,17,18). The predicted octanol–water partition coefficient (Wildman–Crippen LogP) is 3.25. The average Bonchev–Trinajstić information content (AvgIpc) is 2.98. The first kappa shape index (κ1) is 15.8. The van der Waals surface area contributed by atoms with E-state index in [1.54, 1.807) is 6.20 Å². The molecule has 0 unspecified atom stereocenters. The molecule has 1 aromatic carbocycles. The number of rotatable bonds is 3. The number of aliphatic imine (C=N–C) groups is 1. The van der Waals surface area contributed by atoms with Gasteiger partial charge in [-0.3, -0.25) is 9.20 Å². The van der Waals surface area contributed by atoms with Crippen LogP contribution in [0.2, 0.25) is 0 Å². The molecule has 5 nitrogen and oxygen atoms in total. The van der Waals surface area contributed by atoms with Crippen molar-refractivity contribution in [2.75, 3.05) is 0 Å². The number of benzene rings is 1. The molecule has 3 rings (SSSR count). The fourth-order valence-corrected chi connectivity index (χ4v) is 3.42. The van der Waals surface area contributed by atoms with Gasteiger partial charge in [-0.15, -0.1) is 11.3 Å². The number of aromatic nitrogens is 2. The second-order valence-corrected chi connectivity index (χ2v) is 7.02. The van der Waals surface area contributed by atoms with E-state index in [9.17, 15) is 4.79 Å². The molecule has 7 heteroatoms. The summed E-state index contributed by atoms with van der Waals surface area (Å²) in [6.07, 6.45) is 1.72. The van der Waals surface area contributed by atoms with Gasteiger partial charge in [0.25, 0.3) is 5.56 Å². The zero-order valence-electron chi connectivity index (χ0n) is 12.8. The maximum absolute atomic E-state index is 11.9. The third-order valence-corrected chi connectivity index (χ3v) is 5.04. The van der Waals surface area contributed by atoms with Gasteiger partial charge in [-0.2, -0.15) is 0 Å². The average molecular weight is 344 g/mol. The molecule has 0 aliphatic rings. The Bertz CT molecular complexity index is 943. The number of thioether (sulfide) groups is 1. The van der Waals surface area contributed by atoms with Crippen molar-refractivity contribution in [3.63, 3.8) is 0 Å². The van der Waals surface area contributed by atoms with Gasteiger partial charge in [-0.05, 0) is 37.1 Å². The van der Waals surface area contributed by atoms with Crippen molar-refractivity contribution < 1.29 is 0 Å². The zero-order chi connectivity index (χ0) is 16.4. The van der Waals surface area contributed by atoms with Crippen LogP contribution in [0, 0.1) is 13.8 Å². The number of hydrogen-bond acceptors (Lipinski definition) is 5. The topological polar surface area (TPSA) is 72.8 Å². The van der Waals surface area contributed by atoms with Gasteiger partial charge in [0.1, 0.15) is 0 Å². The summed E-state index contributed by atoms with van der Waals surface area (Å²) in [7, 11) is 0. The number of amidine groups is 1. The Morgan fingerprint density at radius 1 is 1.35 bits per heavy atom. The van der Waals surface area contributed by atoms with Crippen molar-refractivity contribution in [3.05, 3.63) is 63.0 Å². The molecule has 0 radical (unpaired) electrons. The Morgan fingerprint density at radius 3 is 2.96 bits per heavy atom. The number of thiazole rings is 1. The van der Waals surface area contributed by atoms with Gasteiger partial charge < -0.3 is 5.73 Å². The van der Waals surface area contributed by atoms with Gasteiger partial charge in [0.2, 0.25) is 0 Å². The van der Waals surface area contributed by atoms with Gasteiger partial charge in [0, 0.05) is 23.4 Å². The van der Waals surface area contributed by atoms with Crippen LogP contribution in [0.25, 0.3) is 4.96 Å².